The highest BCUT2D eigenvalue weighted by Crippen LogP contribution is 2.11. The van der Waals surface area contributed by atoms with E-state index in [4.69, 9.17) is 4.74 Å². The summed E-state index contributed by atoms with van der Waals surface area (Å²) in [6.07, 6.45) is 1.79. The Morgan fingerprint density at radius 3 is 2.56 bits per heavy atom. The van der Waals surface area contributed by atoms with Gasteiger partial charge in [0.2, 0.25) is 0 Å². The predicted molar refractivity (Wildman–Crippen MR) is 72.1 cm³/mol. The van der Waals surface area contributed by atoms with Crippen LogP contribution < -0.4 is 10.3 Å². The van der Waals surface area contributed by atoms with Gasteiger partial charge in [-0.3, -0.25) is 4.79 Å². The average molecular weight is 243 g/mol. The first kappa shape index (κ1) is 12.4. The van der Waals surface area contributed by atoms with Gasteiger partial charge in [0, 0.05) is 11.8 Å². The summed E-state index contributed by atoms with van der Waals surface area (Å²) in [6, 6.07) is 11.6. The number of hydrogen-bond donors (Lipinski definition) is 0. The largest absolute Gasteiger partial charge is 0.492 e. The van der Waals surface area contributed by atoms with E-state index in [1.165, 1.54) is 5.56 Å². The van der Waals surface area contributed by atoms with E-state index in [1.807, 2.05) is 50.2 Å². The van der Waals surface area contributed by atoms with Crippen molar-refractivity contribution in [3.63, 3.8) is 0 Å². The minimum atomic E-state index is 0.0463. The molecule has 2 aromatic rings. The molecule has 0 bridgehead atoms. The van der Waals surface area contributed by atoms with Crippen molar-refractivity contribution in [2.24, 2.45) is 0 Å². The highest BCUT2D eigenvalue weighted by molar-refractivity contribution is 5.26. The third-order valence-electron chi connectivity index (χ3n) is 2.83. The molecule has 94 valence electrons. The quantitative estimate of drug-likeness (QED) is 0.826. The third-order valence-corrected chi connectivity index (χ3v) is 2.83. The molecule has 0 saturated carbocycles. The van der Waals surface area contributed by atoms with Crippen LogP contribution in [0.5, 0.6) is 5.75 Å². The molecule has 0 fully saturated rings. The van der Waals surface area contributed by atoms with Gasteiger partial charge >= 0.3 is 0 Å². The number of hydrogen-bond acceptors (Lipinski definition) is 2. The zero-order chi connectivity index (χ0) is 13.0. The van der Waals surface area contributed by atoms with Crippen molar-refractivity contribution in [2.45, 2.75) is 20.4 Å². The Kier molecular flexibility index (Phi) is 3.82. The minimum absolute atomic E-state index is 0.0463. The fourth-order valence-electron chi connectivity index (χ4n) is 1.73. The second kappa shape index (κ2) is 5.54. The number of rotatable bonds is 4. The SMILES string of the molecule is Cc1ccc(OCCn2cccc(C)c2=O)cc1. The first-order valence-electron chi connectivity index (χ1n) is 6.02. The van der Waals surface area contributed by atoms with Crippen molar-refractivity contribution in [1.82, 2.24) is 4.57 Å². The molecule has 0 spiro atoms. The van der Waals surface area contributed by atoms with Crippen LogP contribution in [0, 0.1) is 13.8 Å². The van der Waals surface area contributed by atoms with Gasteiger partial charge in [-0.15, -0.1) is 0 Å². The molecule has 0 unspecified atom stereocenters. The molecular formula is C15H17NO2. The van der Waals surface area contributed by atoms with Gasteiger partial charge in [0.25, 0.3) is 5.56 Å². The van der Waals surface area contributed by atoms with Crippen LogP contribution >= 0.6 is 0 Å². The maximum atomic E-state index is 11.8. The van der Waals surface area contributed by atoms with Gasteiger partial charge in [-0.2, -0.15) is 0 Å². The molecule has 0 N–H and O–H groups in total. The van der Waals surface area contributed by atoms with E-state index in [0.29, 0.717) is 13.2 Å². The molecule has 18 heavy (non-hydrogen) atoms. The van der Waals surface area contributed by atoms with Gasteiger partial charge in [0.1, 0.15) is 12.4 Å². The van der Waals surface area contributed by atoms with E-state index in [2.05, 4.69) is 0 Å². The number of aromatic nitrogens is 1. The fourth-order valence-corrected chi connectivity index (χ4v) is 1.73. The molecule has 0 aliphatic carbocycles. The Bertz CT molecular complexity index is 570. The second-order valence-corrected chi connectivity index (χ2v) is 4.35. The molecule has 1 aromatic heterocycles. The molecular weight excluding hydrogens is 226 g/mol. The maximum Gasteiger partial charge on any atom is 0.253 e. The predicted octanol–water partition coefficient (Wildman–Crippen LogP) is 2.54. The van der Waals surface area contributed by atoms with Gasteiger partial charge in [-0.25, -0.2) is 0 Å². The lowest BCUT2D eigenvalue weighted by molar-refractivity contribution is 0.296. The van der Waals surface area contributed by atoms with Crippen LogP contribution in [-0.4, -0.2) is 11.2 Å². The molecule has 3 heteroatoms. The number of benzene rings is 1. The van der Waals surface area contributed by atoms with Crippen LogP contribution in [-0.2, 0) is 6.54 Å². The van der Waals surface area contributed by atoms with Gasteiger partial charge in [-0.1, -0.05) is 23.8 Å². The van der Waals surface area contributed by atoms with Crippen molar-refractivity contribution < 1.29 is 4.74 Å². The molecule has 1 aromatic carbocycles. The van der Waals surface area contributed by atoms with Crippen molar-refractivity contribution in [3.8, 4) is 5.75 Å². The van der Waals surface area contributed by atoms with Gasteiger partial charge in [0.15, 0.2) is 0 Å². The smallest absolute Gasteiger partial charge is 0.253 e. The highest BCUT2D eigenvalue weighted by Gasteiger charge is 1.99. The molecule has 0 atom stereocenters. The van der Waals surface area contributed by atoms with E-state index in [1.54, 1.807) is 10.8 Å². The van der Waals surface area contributed by atoms with E-state index in [-0.39, 0.29) is 5.56 Å². The lowest BCUT2D eigenvalue weighted by atomic mass is 10.2. The first-order valence-corrected chi connectivity index (χ1v) is 6.02. The molecule has 3 nitrogen and oxygen atoms in total. The van der Waals surface area contributed by atoms with Crippen LogP contribution in [0.3, 0.4) is 0 Å². The Balaban J connectivity index is 1.94. The summed E-state index contributed by atoms with van der Waals surface area (Å²) in [5.41, 5.74) is 2.01. The molecule has 0 amide bonds. The van der Waals surface area contributed by atoms with Gasteiger partial charge in [0.05, 0.1) is 6.54 Å². The Hall–Kier alpha value is -2.03. The summed E-state index contributed by atoms with van der Waals surface area (Å²) in [7, 11) is 0. The normalized spacial score (nSPS) is 10.3. The number of aryl methyl sites for hydroxylation is 2. The molecule has 0 aliphatic rings. The standard InChI is InChI=1S/C15H17NO2/c1-12-5-7-14(8-6-12)18-11-10-16-9-3-4-13(2)15(16)17/h3-9H,10-11H2,1-2H3. The minimum Gasteiger partial charge on any atom is -0.492 e. The number of nitrogens with zero attached hydrogens (tertiary/aromatic N) is 1. The van der Waals surface area contributed by atoms with E-state index in [0.717, 1.165) is 11.3 Å². The van der Waals surface area contributed by atoms with Crippen LogP contribution in [0.25, 0.3) is 0 Å². The lowest BCUT2D eigenvalue weighted by Crippen LogP contribution is -2.23. The van der Waals surface area contributed by atoms with E-state index >= 15 is 0 Å². The lowest BCUT2D eigenvalue weighted by Gasteiger charge is -2.08. The molecule has 2 rings (SSSR count). The highest BCUT2D eigenvalue weighted by atomic mass is 16.5. The van der Waals surface area contributed by atoms with Crippen molar-refractivity contribution in [2.75, 3.05) is 6.61 Å². The molecule has 1 heterocycles. The average Bonchev–Trinajstić information content (AvgIpc) is 2.37. The topological polar surface area (TPSA) is 31.2 Å². The maximum absolute atomic E-state index is 11.8. The summed E-state index contributed by atoms with van der Waals surface area (Å²) in [5, 5.41) is 0. The van der Waals surface area contributed by atoms with Crippen LogP contribution in [0.2, 0.25) is 0 Å². The second-order valence-electron chi connectivity index (χ2n) is 4.35. The third kappa shape index (κ3) is 3.00. The monoisotopic (exact) mass is 243 g/mol. The van der Waals surface area contributed by atoms with Crippen LogP contribution in [0.15, 0.2) is 47.4 Å². The summed E-state index contributed by atoms with van der Waals surface area (Å²) in [4.78, 5) is 11.8. The Morgan fingerprint density at radius 1 is 1.11 bits per heavy atom. The summed E-state index contributed by atoms with van der Waals surface area (Å²) in [5.74, 6) is 0.835. The van der Waals surface area contributed by atoms with E-state index in [9.17, 15) is 4.79 Å². The Labute approximate surface area is 107 Å². The first-order chi connectivity index (χ1) is 8.66. The molecule has 0 saturated heterocycles. The summed E-state index contributed by atoms with van der Waals surface area (Å²) in [6.45, 7) is 4.91. The molecule has 0 aliphatic heterocycles. The van der Waals surface area contributed by atoms with Gasteiger partial charge < -0.3 is 9.30 Å². The number of pyridine rings is 1. The number of ether oxygens (including phenoxy) is 1. The molecule has 0 radical (unpaired) electrons. The van der Waals surface area contributed by atoms with E-state index < -0.39 is 0 Å². The van der Waals surface area contributed by atoms with Gasteiger partial charge in [-0.05, 0) is 32.0 Å². The summed E-state index contributed by atoms with van der Waals surface area (Å²) < 4.78 is 7.27. The van der Waals surface area contributed by atoms with Crippen molar-refractivity contribution in [1.29, 1.82) is 0 Å². The van der Waals surface area contributed by atoms with Crippen molar-refractivity contribution in [3.05, 3.63) is 64.1 Å². The Morgan fingerprint density at radius 2 is 1.83 bits per heavy atom. The fraction of sp³-hybridized carbons (Fsp3) is 0.267. The summed E-state index contributed by atoms with van der Waals surface area (Å²) >= 11 is 0. The zero-order valence-corrected chi connectivity index (χ0v) is 10.7. The zero-order valence-electron chi connectivity index (χ0n) is 10.7. The van der Waals surface area contributed by atoms with Crippen molar-refractivity contribution >= 4 is 0 Å². The van der Waals surface area contributed by atoms with Crippen LogP contribution in [0.4, 0.5) is 0 Å². The van der Waals surface area contributed by atoms with Crippen LogP contribution in [0.1, 0.15) is 11.1 Å².